The van der Waals surface area contributed by atoms with Gasteiger partial charge in [0.15, 0.2) is 0 Å². The van der Waals surface area contributed by atoms with Crippen molar-refractivity contribution < 1.29 is 4.74 Å². The zero-order valence-corrected chi connectivity index (χ0v) is 9.43. The lowest BCUT2D eigenvalue weighted by Gasteiger charge is -2.32. The number of aromatic nitrogens is 2. The quantitative estimate of drug-likeness (QED) is 0.745. The second kappa shape index (κ2) is 4.53. The van der Waals surface area contributed by atoms with Crippen molar-refractivity contribution in [1.29, 1.82) is 0 Å². The molecule has 0 aliphatic carbocycles. The van der Waals surface area contributed by atoms with Gasteiger partial charge in [0.25, 0.3) is 0 Å². The maximum Gasteiger partial charge on any atom is 0.122 e. The summed E-state index contributed by atoms with van der Waals surface area (Å²) in [5.41, 5.74) is 0. The minimum atomic E-state index is 0.482. The second-order valence-electron chi connectivity index (χ2n) is 4.50. The van der Waals surface area contributed by atoms with Gasteiger partial charge < -0.3 is 14.6 Å². The van der Waals surface area contributed by atoms with Crippen LogP contribution in [0, 0.1) is 0 Å². The van der Waals surface area contributed by atoms with E-state index in [0.29, 0.717) is 6.04 Å². The van der Waals surface area contributed by atoms with E-state index in [-0.39, 0.29) is 0 Å². The second-order valence-corrected chi connectivity index (χ2v) is 4.50. The van der Waals surface area contributed by atoms with Crippen LogP contribution in [-0.2, 0) is 17.8 Å². The van der Waals surface area contributed by atoms with Gasteiger partial charge in [-0.2, -0.15) is 0 Å². The molecule has 1 N–H and O–H groups in total. The van der Waals surface area contributed by atoms with E-state index in [1.807, 2.05) is 6.20 Å². The van der Waals surface area contributed by atoms with Gasteiger partial charge in [0, 0.05) is 44.6 Å². The average Bonchev–Trinajstić information content (AvgIpc) is 2.77. The molecule has 1 fully saturated rings. The van der Waals surface area contributed by atoms with Crippen molar-refractivity contribution in [2.45, 2.75) is 19.1 Å². The first kappa shape index (κ1) is 10.3. The molecular weight excluding hydrogens is 204 g/mol. The highest BCUT2D eigenvalue weighted by Gasteiger charge is 2.21. The molecule has 5 heteroatoms. The summed E-state index contributed by atoms with van der Waals surface area (Å²) in [5, 5.41) is 3.49. The van der Waals surface area contributed by atoms with E-state index in [1.165, 1.54) is 5.82 Å². The molecular formula is C11H18N4O. The zero-order valence-electron chi connectivity index (χ0n) is 9.43. The number of hydrogen-bond donors (Lipinski definition) is 1. The minimum absolute atomic E-state index is 0.482. The number of morpholine rings is 1. The number of rotatable bonds is 2. The van der Waals surface area contributed by atoms with E-state index >= 15 is 0 Å². The summed E-state index contributed by atoms with van der Waals surface area (Å²) in [7, 11) is 0. The van der Waals surface area contributed by atoms with Crippen molar-refractivity contribution in [2.24, 2.45) is 0 Å². The van der Waals surface area contributed by atoms with E-state index in [4.69, 9.17) is 4.74 Å². The van der Waals surface area contributed by atoms with Crippen molar-refractivity contribution >= 4 is 0 Å². The molecule has 0 spiro atoms. The summed E-state index contributed by atoms with van der Waals surface area (Å²) < 4.78 is 7.71. The van der Waals surface area contributed by atoms with Crippen molar-refractivity contribution in [1.82, 2.24) is 19.8 Å². The first-order chi connectivity index (χ1) is 7.92. The Hall–Kier alpha value is -0.910. The third kappa shape index (κ3) is 2.11. The molecule has 3 heterocycles. The molecule has 0 amide bonds. The minimum Gasteiger partial charge on any atom is -0.378 e. The molecule has 0 radical (unpaired) electrons. The summed E-state index contributed by atoms with van der Waals surface area (Å²) in [4.78, 5) is 6.82. The lowest BCUT2D eigenvalue weighted by atomic mass is 10.2. The normalized spacial score (nSPS) is 26.6. The number of nitrogens with one attached hydrogen (secondary N) is 1. The van der Waals surface area contributed by atoms with Crippen LogP contribution in [-0.4, -0.2) is 53.3 Å². The zero-order chi connectivity index (χ0) is 10.8. The van der Waals surface area contributed by atoms with Gasteiger partial charge in [0.05, 0.1) is 19.8 Å². The van der Waals surface area contributed by atoms with Crippen LogP contribution in [0.15, 0.2) is 12.4 Å². The number of imidazole rings is 1. The van der Waals surface area contributed by atoms with Crippen LogP contribution in [0.1, 0.15) is 5.82 Å². The molecule has 1 saturated heterocycles. The van der Waals surface area contributed by atoms with Crippen LogP contribution in [0.3, 0.4) is 0 Å². The predicted octanol–water partition coefficient (Wildman–Crippen LogP) is -0.313. The molecule has 1 aromatic rings. The number of nitrogens with zero attached hydrogens (tertiary/aromatic N) is 3. The molecule has 1 atom stereocenters. The maximum atomic E-state index is 5.47. The van der Waals surface area contributed by atoms with E-state index in [2.05, 4.69) is 26.0 Å². The highest BCUT2D eigenvalue weighted by Crippen LogP contribution is 2.10. The predicted molar refractivity (Wildman–Crippen MR) is 60.1 cm³/mol. The van der Waals surface area contributed by atoms with Gasteiger partial charge in [-0.3, -0.25) is 4.90 Å². The molecule has 1 unspecified atom stereocenters. The summed E-state index contributed by atoms with van der Waals surface area (Å²) in [6.45, 7) is 6.86. The Labute approximate surface area is 95.4 Å². The van der Waals surface area contributed by atoms with Crippen molar-refractivity contribution in [2.75, 3.05) is 32.8 Å². The van der Waals surface area contributed by atoms with Crippen LogP contribution >= 0.6 is 0 Å². The van der Waals surface area contributed by atoms with Crippen LogP contribution in [0.5, 0.6) is 0 Å². The van der Waals surface area contributed by atoms with Gasteiger partial charge in [-0.05, 0) is 0 Å². The van der Waals surface area contributed by atoms with E-state index in [9.17, 15) is 0 Å². The summed E-state index contributed by atoms with van der Waals surface area (Å²) >= 11 is 0. The number of fused-ring (bicyclic) bond motifs is 1. The average molecular weight is 222 g/mol. The number of hydrogen-bond acceptors (Lipinski definition) is 4. The summed E-state index contributed by atoms with van der Waals surface area (Å²) in [5.74, 6) is 1.18. The van der Waals surface area contributed by atoms with Crippen molar-refractivity contribution in [3.8, 4) is 0 Å². The molecule has 0 aromatic carbocycles. The van der Waals surface area contributed by atoms with Gasteiger partial charge in [-0.15, -0.1) is 0 Å². The first-order valence-corrected chi connectivity index (χ1v) is 5.95. The van der Waals surface area contributed by atoms with Crippen molar-refractivity contribution in [3.63, 3.8) is 0 Å². The van der Waals surface area contributed by atoms with E-state index < -0.39 is 0 Å². The molecule has 0 saturated carbocycles. The van der Waals surface area contributed by atoms with Gasteiger partial charge in [0.2, 0.25) is 0 Å². The van der Waals surface area contributed by atoms with Crippen LogP contribution in [0.4, 0.5) is 0 Å². The fraction of sp³-hybridized carbons (Fsp3) is 0.727. The van der Waals surface area contributed by atoms with Gasteiger partial charge in [-0.25, -0.2) is 4.98 Å². The van der Waals surface area contributed by atoms with Crippen molar-refractivity contribution in [3.05, 3.63) is 18.2 Å². The van der Waals surface area contributed by atoms with Gasteiger partial charge in [0.1, 0.15) is 5.82 Å². The molecule has 16 heavy (non-hydrogen) atoms. The highest BCUT2D eigenvalue weighted by atomic mass is 16.5. The van der Waals surface area contributed by atoms with E-state index in [0.717, 1.165) is 45.9 Å². The maximum absolute atomic E-state index is 5.47. The third-order valence-electron chi connectivity index (χ3n) is 3.30. The van der Waals surface area contributed by atoms with Crippen LogP contribution in [0.25, 0.3) is 0 Å². The third-order valence-corrected chi connectivity index (χ3v) is 3.30. The Morgan fingerprint density at radius 3 is 3.38 bits per heavy atom. The highest BCUT2D eigenvalue weighted by molar-refractivity contribution is 4.96. The molecule has 88 valence electrons. The Kier molecular flexibility index (Phi) is 2.90. The molecule has 0 bridgehead atoms. The summed E-state index contributed by atoms with van der Waals surface area (Å²) in [6, 6.07) is 0.482. The van der Waals surface area contributed by atoms with Gasteiger partial charge in [-0.1, -0.05) is 0 Å². The van der Waals surface area contributed by atoms with Crippen LogP contribution < -0.4 is 5.32 Å². The fourth-order valence-corrected chi connectivity index (χ4v) is 2.43. The lowest BCUT2D eigenvalue weighted by Crippen LogP contribution is -2.49. The monoisotopic (exact) mass is 222 g/mol. The largest absolute Gasteiger partial charge is 0.378 e. The van der Waals surface area contributed by atoms with E-state index in [1.54, 1.807) is 0 Å². The SMILES string of the molecule is c1cn2c(n1)CN(CC1COCCN1)CC2. The standard InChI is InChI=1S/C11H18N4O/c1-3-15-5-4-14(8-11(15)13-1)7-10-9-16-6-2-12-10/h1,3,10,12H,2,4-9H2. The molecule has 2 aliphatic heterocycles. The molecule has 3 rings (SSSR count). The molecule has 5 nitrogen and oxygen atoms in total. The topological polar surface area (TPSA) is 42.3 Å². The first-order valence-electron chi connectivity index (χ1n) is 5.95. The summed E-state index contributed by atoms with van der Waals surface area (Å²) in [6.07, 6.45) is 3.95. The fourth-order valence-electron chi connectivity index (χ4n) is 2.43. The molecule has 1 aromatic heterocycles. The number of ether oxygens (including phenoxy) is 1. The smallest absolute Gasteiger partial charge is 0.122 e. The Balaban J connectivity index is 1.57. The van der Waals surface area contributed by atoms with Gasteiger partial charge >= 0.3 is 0 Å². The Morgan fingerprint density at radius 2 is 2.50 bits per heavy atom. The molecule has 2 aliphatic rings. The lowest BCUT2D eigenvalue weighted by molar-refractivity contribution is 0.0572. The van der Waals surface area contributed by atoms with Crippen LogP contribution in [0.2, 0.25) is 0 Å². The Morgan fingerprint density at radius 1 is 1.50 bits per heavy atom. The Bertz CT molecular complexity index is 346.